The van der Waals surface area contributed by atoms with Crippen LogP contribution in [0.1, 0.15) is 22.3 Å². The van der Waals surface area contributed by atoms with Gasteiger partial charge in [0.1, 0.15) is 11.5 Å². The van der Waals surface area contributed by atoms with Crippen molar-refractivity contribution in [2.75, 3.05) is 23.4 Å². The van der Waals surface area contributed by atoms with E-state index in [-0.39, 0.29) is 5.91 Å². The molecule has 0 radical (unpaired) electrons. The minimum atomic E-state index is -0.107. The van der Waals surface area contributed by atoms with Gasteiger partial charge in [0.05, 0.1) is 53.8 Å². The van der Waals surface area contributed by atoms with E-state index in [0.717, 1.165) is 53.1 Å². The number of nitrogens with one attached hydrogen (secondary N) is 2. The number of pyridine rings is 3. The number of ether oxygens (including phenoxy) is 1. The molecule has 1 unspecified atom stereocenters. The van der Waals surface area contributed by atoms with Crippen LogP contribution in [0.2, 0.25) is 0 Å². The number of carbonyl (C=O) groups is 1. The number of hydrogen-bond donors (Lipinski definition) is 2. The zero-order chi connectivity index (χ0) is 22.8. The third-order valence-electron chi connectivity index (χ3n) is 7.10. The second kappa shape index (κ2) is 7.26. The number of aryl methyl sites for hydroxylation is 1. The number of anilines is 3. The number of amides is 1. The predicted octanol–water partition coefficient (Wildman–Crippen LogP) is 2.99. The van der Waals surface area contributed by atoms with Gasteiger partial charge in [0.25, 0.3) is 5.91 Å². The van der Waals surface area contributed by atoms with Crippen molar-refractivity contribution in [1.29, 1.82) is 0 Å². The SMILES string of the molecule is Cn1ccc2c(-c3ncc(Nc4ccc(N5CC6C[C@@H]5CO6)cn4)c4c3CNC4=O)ccnc21. The molecule has 7 heterocycles. The molecule has 34 heavy (non-hydrogen) atoms. The molecular weight excluding hydrogens is 430 g/mol. The summed E-state index contributed by atoms with van der Waals surface area (Å²) >= 11 is 0. The fourth-order valence-corrected chi connectivity index (χ4v) is 5.42. The van der Waals surface area contributed by atoms with Crippen molar-refractivity contribution in [3.63, 3.8) is 0 Å². The molecule has 4 aromatic heterocycles. The summed E-state index contributed by atoms with van der Waals surface area (Å²) < 4.78 is 7.68. The average molecular weight is 454 g/mol. The van der Waals surface area contributed by atoms with Crippen molar-refractivity contribution < 1.29 is 9.53 Å². The largest absolute Gasteiger partial charge is 0.374 e. The van der Waals surface area contributed by atoms with Crippen LogP contribution >= 0.6 is 0 Å². The number of hydrogen-bond acceptors (Lipinski definition) is 7. The molecule has 9 nitrogen and oxygen atoms in total. The van der Waals surface area contributed by atoms with Crippen LogP contribution in [0.5, 0.6) is 0 Å². The summed E-state index contributed by atoms with van der Waals surface area (Å²) in [5.41, 5.74) is 5.91. The van der Waals surface area contributed by atoms with Crippen LogP contribution in [0.15, 0.2) is 49.1 Å². The van der Waals surface area contributed by atoms with Gasteiger partial charge < -0.3 is 24.8 Å². The van der Waals surface area contributed by atoms with E-state index in [4.69, 9.17) is 9.72 Å². The van der Waals surface area contributed by atoms with Crippen LogP contribution in [0, 0.1) is 0 Å². The molecule has 170 valence electrons. The van der Waals surface area contributed by atoms with Crippen LogP contribution in [-0.2, 0) is 18.3 Å². The minimum absolute atomic E-state index is 0.107. The Morgan fingerprint density at radius 3 is 2.88 bits per heavy atom. The maximum absolute atomic E-state index is 12.8. The van der Waals surface area contributed by atoms with Gasteiger partial charge in [0.15, 0.2) is 0 Å². The van der Waals surface area contributed by atoms with E-state index in [2.05, 4.69) is 31.6 Å². The van der Waals surface area contributed by atoms with Crippen LogP contribution in [0.3, 0.4) is 0 Å². The molecule has 3 aliphatic heterocycles. The number of rotatable bonds is 4. The molecule has 4 aromatic rings. The first-order valence-corrected chi connectivity index (χ1v) is 11.5. The second-order valence-electron chi connectivity index (χ2n) is 9.10. The predicted molar refractivity (Wildman–Crippen MR) is 128 cm³/mol. The van der Waals surface area contributed by atoms with Crippen molar-refractivity contribution in [1.82, 2.24) is 24.8 Å². The quantitative estimate of drug-likeness (QED) is 0.490. The fraction of sp³-hybridized carbons (Fsp3) is 0.280. The van der Waals surface area contributed by atoms with E-state index >= 15 is 0 Å². The molecule has 2 bridgehead atoms. The Morgan fingerprint density at radius 1 is 1.15 bits per heavy atom. The zero-order valence-electron chi connectivity index (χ0n) is 18.7. The standard InChI is InChI=1S/C25H23N7O2/c1-31-7-5-18-17(4-6-26-24(18)31)23-19-10-29-25(33)22(19)20(11-28-23)30-21-3-2-14(9-27-21)32-12-16-8-15(32)13-34-16/h2-7,9,11,15-16H,8,10,12-13H2,1H3,(H,27,30)(H,29,33)/t15-,16?/m1/s1. The van der Waals surface area contributed by atoms with E-state index in [1.54, 1.807) is 12.4 Å². The molecule has 1 amide bonds. The summed E-state index contributed by atoms with van der Waals surface area (Å²) in [7, 11) is 1.97. The normalized spacial score (nSPS) is 20.7. The Kier molecular flexibility index (Phi) is 4.16. The monoisotopic (exact) mass is 453 g/mol. The van der Waals surface area contributed by atoms with Gasteiger partial charge in [-0.15, -0.1) is 0 Å². The van der Waals surface area contributed by atoms with Gasteiger partial charge >= 0.3 is 0 Å². The molecule has 0 aliphatic carbocycles. The smallest absolute Gasteiger partial charge is 0.254 e. The van der Waals surface area contributed by atoms with E-state index < -0.39 is 0 Å². The van der Waals surface area contributed by atoms with Crippen LogP contribution in [0.25, 0.3) is 22.3 Å². The summed E-state index contributed by atoms with van der Waals surface area (Å²) in [5.74, 6) is 0.569. The van der Waals surface area contributed by atoms with Gasteiger partial charge in [0.2, 0.25) is 0 Å². The van der Waals surface area contributed by atoms with E-state index in [1.165, 1.54) is 0 Å². The fourth-order valence-electron chi connectivity index (χ4n) is 5.42. The first-order chi connectivity index (χ1) is 16.7. The minimum Gasteiger partial charge on any atom is -0.374 e. The van der Waals surface area contributed by atoms with Crippen molar-refractivity contribution in [2.24, 2.45) is 7.05 Å². The lowest BCUT2D eigenvalue weighted by molar-refractivity contribution is 0.0966. The molecule has 7 rings (SSSR count). The summed E-state index contributed by atoms with van der Waals surface area (Å²) in [6.07, 6.45) is 8.80. The van der Waals surface area contributed by atoms with Gasteiger partial charge in [-0.05, 0) is 30.7 Å². The third kappa shape index (κ3) is 2.90. The molecule has 2 saturated heterocycles. The van der Waals surface area contributed by atoms with Crippen molar-refractivity contribution in [2.45, 2.75) is 25.1 Å². The summed E-state index contributed by atoms with van der Waals surface area (Å²) in [5, 5.41) is 7.28. The molecule has 3 aliphatic rings. The lowest BCUT2D eigenvalue weighted by Crippen LogP contribution is -2.36. The first kappa shape index (κ1) is 19.5. The van der Waals surface area contributed by atoms with E-state index in [0.29, 0.717) is 35.8 Å². The Bertz CT molecular complexity index is 1450. The molecule has 0 saturated carbocycles. The number of carbonyl (C=O) groups excluding carboxylic acids is 1. The van der Waals surface area contributed by atoms with Gasteiger partial charge in [-0.3, -0.25) is 9.78 Å². The van der Waals surface area contributed by atoms with Crippen molar-refractivity contribution >= 4 is 34.1 Å². The Labute approximate surface area is 195 Å². The highest BCUT2D eigenvalue weighted by molar-refractivity contribution is 6.06. The molecule has 0 aromatic carbocycles. The maximum atomic E-state index is 12.8. The van der Waals surface area contributed by atoms with Gasteiger partial charge in [0, 0.05) is 49.0 Å². The molecule has 2 atom stereocenters. The topological polar surface area (TPSA) is 97.2 Å². The Hall–Kier alpha value is -3.98. The summed E-state index contributed by atoms with van der Waals surface area (Å²) in [4.78, 5) is 29.0. The molecule has 9 heteroatoms. The number of nitrogens with zero attached hydrogens (tertiary/aromatic N) is 5. The first-order valence-electron chi connectivity index (χ1n) is 11.5. The van der Waals surface area contributed by atoms with Crippen molar-refractivity contribution in [3.05, 3.63) is 60.2 Å². The molecule has 2 N–H and O–H groups in total. The lowest BCUT2D eigenvalue weighted by Gasteiger charge is -2.28. The van der Waals surface area contributed by atoms with Crippen molar-refractivity contribution in [3.8, 4) is 11.3 Å². The van der Waals surface area contributed by atoms with Gasteiger partial charge in [-0.2, -0.15) is 0 Å². The van der Waals surface area contributed by atoms with Crippen LogP contribution in [0.4, 0.5) is 17.2 Å². The lowest BCUT2D eigenvalue weighted by atomic mass is 10.0. The average Bonchev–Trinajstić information content (AvgIpc) is 3.65. The van der Waals surface area contributed by atoms with Gasteiger partial charge in [-0.25, -0.2) is 9.97 Å². The molecule has 0 spiro atoms. The summed E-state index contributed by atoms with van der Waals surface area (Å²) in [6, 6.07) is 8.45. The summed E-state index contributed by atoms with van der Waals surface area (Å²) in [6.45, 7) is 2.15. The highest BCUT2D eigenvalue weighted by atomic mass is 16.5. The van der Waals surface area contributed by atoms with E-state index in [1.807, 2.05) is 42.2 Å². The highest BCUT2D eigenvalue weighted by Gasteiger charge is 2.39. The van der Waals surface area contributed by atoms with Crippen LogP contribution in [-0.4, -0.2) is 50.7 Å². The van der Waals surface area contributed by atoms with Gasteiger partial charge in [-0.1, -0.05) is 0 Å². The highest BCUT2D eigenvalue weighted by Crippen LogP contribution is 2.36. The zero-order valence-corrected chi connectivity index (χ0v) is 18.7. The Morgan fingerprint density at radius 2 is 2.09 bits per heavy atom. The van der Waals surface area contributed by atoms with Crippen LogP contribution < -0.4 is 15.5 Å². The molecular formula is C25H23N7O2. The maximum Gasteiger partial charge on any atom is 0.254 e. The second-order valence-corrected chi connectivity index (χ2v) is 9.10. The Balaban J connectivity index is 1.22. The molecule has 2 fully saturated rings. The third-order valence-corrected chi connectivity index (χ3v) is 7.10. The van der Waals surface area contributed by atoms with E-state index in [9.17, 15) is 4.79 Å². The number of aromatic nitrogens is 4. The number of morpholine rings is 1. The number of fused-ring (bicyclic) bond motifs is 4.